The number of hydrogen-bond donors (Lipinski definition) is 1. The third kappa shape index (κ3) is 2.98. The Labute approximate surface area is 116 Å². The SMILES string of the molecule is CCCC(CC)N1C(=O)CNC1c1cccc(C)c1. The van der Waals surface area contributed by atoms with Crippen molar-refractivity contribution in [2.75, 3.05) is 6.54 Å². The first-order chi connectivity index (χ1) is 9.17. The van der Waals surface area contributed by atoms with Crippen molar-refractivity contribution in [2.24, 2.45) is 0 Å². The van der Waals surface area contributed by atoms with E-state index in [0.717, 1.165) is 19.3 Å². The lowest BCUT2D eigenvalue weighted by molar-refractivity contribution is -0.130. The van der Waals surface area contributed by atoms with E-state index in [-0.39, 0.29) is 12.1 Å². The van der Waals surface area contributed by atoms with E-state index in [2.05, 4.69) is 55.3 Å². The van der Waals surface area contributed by atoms with Gasteiger partial charge in [0.05, 0.1) is 6.54 Å². The highest BCUT2D eigenvalue weighted by Crippen LogP contribution is 2.28. The predicted octanol–water partition coefficient (Wildman–Crippen LogP) is 3.00. The number of carbonyl (C=O) groups excluding carboxylic acids is 1. The molecule has 1 aromatic rings. The molecule has 1 amide bonds. The molecule has 2 rings (SSSR count). The lowest BCUT2D eigenvalue weighted by atomic mass is 10.0. The zero-order valence-corrected chi connectivity index (χ0v) is 12.1. The molecule has 3 heteroatoms. The normalized spacial score (nSPS) is 20.9. The molecule has 1 N–H and O–H groups in total. The molecule has 0 aliphatic carbocycles. The van der Waals surface area contributed by atoms with Crippen LogP contribution in [0.3, 0.4) is 0 Å². The second-order valence-electron chi connectivity index (χ2n) is 5.35. The number of amides is 1. The van der Waals surface area contributed by atoms with Crippen LogP contribution in [0.2, 0.25) is 0 Å². The summed E-state index contributed by atoms with van der Waals surface area (Å²) in [5, 5.41) is 3.35. The van der Waals surface area contributed by atoms with Crippen molar-refractivity contribution < 1.29 is 4.79 Å². The molecule has 1 saturated heterocycles. The summed E-state index contributed by atoms with van der Waals surface area (Å²) in [6, 6.07) is 8.77. The molecule has 104 valence electrons. The molecule has 0 radical (unpaired) electrons. The fraction of sp³-hybridized carbons (Fsp3) is 0.562. The molecule has 2 unspecified atom stereocenters. The van der Waals surface area contributed by atoms with Crippen LogP contribution < -0.4 is 5.32 Å². The zero-order valence-electron chi connectivity index (χ0n) is 12.1. The average molecular weight is 260 g/mol. The molecule has 1 heterocycles. The maximum atomic E-state index is 12.2. The molecular formula is C16H24N2O. The Bertz CT molecular complexity index is 444. The first-order valence-corrected chi connectivity index (χ1v) is 7.28. The number of nitrogens with zero attached hydrogens (tertiary/aromatic N) is 1. The third-order valence-electron chi connectivity index (χ3n) is 3.86. The van der Waals surface area contributed by atoms with E-state index in [1.165, 1.54) is 11.1 Å². The molecule has 1 aliphatic heterocycles. The number of carbonyl (C=O) groups is 1. The summed E-state index contributed by atoms with van der Waals surface area (Å²) in [5.41, 5.74) is 2.43. The van der Waals surface area contributed by atoms with Gasteiger partial charge in [-0.15, -0.1) is 0 Å². The van der Waals surface area contributed by atoms with Crippen molar-refractivity contribution in [3.05, 3.63) is 35.4 Å². The van der Waals surface area contributed by atoms with Crippen LogP contribution in [0.1, 0.15) is 50.4 Å². The number of benzene rings is 1. The lowest BCUT2D eigenvalue weighted by Crippen LogP contribution is -2.39. The minimum absolute atomic E-state index is 0.0453. The zero-order chi connectivity index (χ0) is 13.8. The minimum atomic E-state index is 0.0453. The Kier molecular flexibility index (Phi) is 4.59. The molecular weight excluding hydrogens is 236 g/mol. The summed E-state index contributed by atoms with van der Waals surface area (Å²) < 4.78 is 0. The molecule has 1 fully saturated rings. The van der Waals surface area contributed by atoms with Gasteiger partial charge in [0.1, 0.15) is 6.17 Å². The van der Waals surface area contributed by atoms with Gasteiger partial charge in [0.25, 0.3) is 0 Å². The van der Waals surface area contributed by atoms with Gasteiger partial charge in [-0.1, -0.05) is 50.1 Å². The van der Waals surface area contributed by atoms with Crippen molar-refractivity contribution in [1.29, 1.82) is 0 Å². The molecule has 1 aromatic carbocycles. The first-order valence-electron chi connectivity index (χ1n) is 7.28. The van der Waals surface area contributed by atoms with Crippen LogP contribution in [0.15, 0.2) is 24.3 Å². The first kappa shape index (κ1) is 14.1. The Balaban J connectivity index is 2.26. The van der Waals surface area contributed by atoms with Gasteiger partial charge in [-0.25, -0.2) is 0 Å². The maximum Gasteiger partial charge on any atom is 0.238 e. The Hall–Kier alpha value is -1.35. The Morgan fingerprint density at radius 1 is 1.42 bits per heavy atom. The summed E-state index contributed by atoms with van der Waals surface area (Å²) in [4.78, 5) is 14.2. The van der Waals surface area contributed by atoms with Crippen LogP contribution >= 0.6 is 0 Å². The van der Waals surface area contributed by atoms with E-state index in [1.54, 1.807) is 0 Å². The van der Waals surface area contributed by atoms with Gasteiger partial charge in [-0.3, -0.25) is 10.1 Å². The van der Waals surface area contributed by atoms with Crippen LogP contribution in [-0.2, 0) is 4.79 Å². The van der Waals surface area contributed by atoms with Gasteiger partial charge in [-0.05, 0) is 25.3 Å². The van der Waals surface area contributed by atoms with Crippen LogP contribution in [-0.4, -0.2) is 23.4 Å². The highest BCUT2D eigenvalue weighted by Gasteiger charge is 2.35. The van der Waals surface area contributed by atoms with Crippen LogP contribution in [0.5, 0.6) is 0 Å². The maximum absolute atomic E-state index is 12.2. The second-order valence-corrected chi connectivity index (χ2v) is 5.35. The lowest BCUT2D eigenvalue weighted by Gasteiger charge is -2.32. The standard InChI is InChI=1S/C16H24N2O/c1-4-7-14(5-2)18-15(19)11-17-16(18)13-9-6-8-12(3)10-13/h6,8-10,14,16-17H,4-5,7,11H2,1-3H3. The van der Waals surface area contributed by atoms with Crippen LogP contribution in [0.25, 0.3) is 0 Å². The van der Waals surface area contributed by atoms with Gasteiger partial charge < -0.3 is 4.90 Å². The Morgan fingerprint density at radius 2 is 2.21 bits per heavy atom. The van der Waals surface area contributed by atoms with Gasteiger partial charge in [0.15, 0.2) is 0 Å². The largest absolute Gasteiger partial charge is 0.319 e. The van der Waals surface area contributed by atoms with Gasteiger partial charge in [0.2, 0.25) is 5.91 Å². The smallest absolute Gasteiger partial charge is 0.238 e. The van der Waals surface area contributed by atoms with E-state index in [0.29, 0.717) is 12.6 Å². The highest BCUT2D eigenvalue weighted by atomic mass is 16.2. The average Bonchev–Trinajstić information content (AvgIpc) is 2.78. The molecule has 1 aliphatic rings. The van der Waals surface area contributed by atoms with Gasteiger partial charge in [-0.2, -0.15) is 0 Å². The Morgan fingerprint density at radius 3 is 2.84 bits per heavy atom. The topological polar surface area (TPSA) is 32.3 Å². The van der Waals surface area contributed by atoms with Gasteiger partial charge >= 0.3 is 0 Å². The highest BCUT2D eigenvalue weighted by molar-refractivity contribution is 5.81. The molecule has 0 aromatic heterocycles. The fourth-order valence-electron chi connectivity index (χ4n) is 2.92. The van der Waals surface area contributed by atoms with Crippen molar-refractivity contribution in [3.63, 3.8) is 0 Å². The molecule has 0 bridgehead atoms. The van der Waals surface area contributed by atoms with E-state index in [9.17, 15) is 4.79 Å². The molecule has 2 atom stereocenters. The van der Waals surface area contributed by atoms with E-state index >= 15 is 0 Å². The monoisotopic (exact) mass is 260 g/mol. The van der Waals surface area contributed by atoms with Crippen LogP contribution in [0.4, 0.5) is 0 Å². The minimum Gasteiger partial charge on any atom is -0.319 e. The van der Waals surface area contributed by atoms with Crippen LogP contribution in [0, 0.1) is 6.92 Å². The quantitative estimate of drug-likeness (QED) is 0.882. The number of rotatable bonds is 5. The number of hydrogen-bond acceptors (Lipinski definition) is 2. The number of aryl methyl sites for hydroxylation is 1. The summed E-state index contributed by atoms with van der Waals surface area (Å²) in [6.45, 7) is 6.89. The number of nitrogens with one attached hydrogen (secondary N) is 1. The molecule has 0 saturated carbocycles. The van der Waals surface area contributed by atoms with Crippen molar-refractivity contribution in [3.8, 4) is 0 Å². The third-order valence-corrected chi connectivity index (χ3v) is 3.86. The van der Waals surface area contributed by atoms with E-state index < -0.39 is 0 Å². The predicted molar refractivity (Wildman–Crippen MR) is 77.8 cm³/mol. The summed E-state index contributed by atoms with van der Waals surface area (Å²) >= 11 is 0. The van der Waals surface area contributed by atoms with E-state index in [1.807, 2.05) is 0 Å². The van der Waals surface area contributed by atoms with Crippen molar-refractivity contribution in [1.82, 2.24) is 10.2 Å². The fourth-order valence-corrected chi connectivity index (χ4v) is 2.92. The van der Waals surface area contributed by atoms with Crippen molar-refractivity contribution >= 4 is 5.91 Å². The second kappa shape index (κ2) is 6.20. The molecule has 19 heavy (non-hydrogen) atoms. The summed E-state index contributed by atoms with van der Waals surface area (Å²) in [6.07, 6.45) is 3.25. The summed E-state index contributed by atoms with van der Waals surface area (Å²) in [5.74, 6) is 0.229. The molecule has 3 nitrogen and oxygen atoms in total. The van der Waals surface area contributed by atoms with Gasteiger partial charge in [0, 0.05) is 6.04 Å². The summed E-state index contributed by atoms with van der Waals surface area (Å²) in [7, 11) is 0. The molecule has 0 spiro atoms. The van der Waals surface area contributed by atoms with Crippen molar-refractivity contribution in [2.45, 2.75) is 52.2 Å². The van der Waals surface area contributed by atoms with E-state index in [4.69, 9.17) is 0 Å².